The van der Waals surface area contributed by atoms with E-state index in [0.717, 1.165) is 21.3 Å². The number of imidazole rings is 1. The summed E-state index contributed by atoms with van der Waals surface area (Å²) in [6.07, 6.45) is 1.26. The fourth-order valence-corrected chi connectivity index (χ4v) is 3.68. The average molecular weight is 354 g/mol. The first-order valence-corrected chi connectivity index (χ1v) is 8.37. The van der Waals surface area contributed by atoms with Crippen LogP contribution in [0.4, 0.5) is 0 Å². The zero-order valence-corrected chi connectivity index (χ0v) is 14.3. The first-order valence-electron chi connectivity index (χ1n) is 7.16. The molecule has 5 heteroatoms. The van der Waals surface area contributed by atoms with Gasteiger partial charge in [-0.2, -0.15) is 0 Å². The zero-order valence-electron chi connectivity index (χ0n) is 11.9. The maximum absolute atomic E-state index is 5.49. The Hall–Kier alpha value is -0.650. The smallest absolute Gasteiger partial charge is 0.178 e. The Bertz CT molecular complexity index is 673. The van der Waals surface area contributed by atoms with Crippen LogP contribution in [0.3, 0.4) is 0 Å². The minimum absolute atomic E-state index is 0.644. The minimum atomic E-state index is 0.644. The summed E-state index contributed by atoms with van der Waals surface area (Å²) in [6.45, 7) is 7.95. The Balaban J connectivity index is 1.86. The van der Waals surface area contributed by atoms with Crippen molar-refractivity contribution >= 4 is 39.2 Å². The van der Waals surface area contributed by atoms with Crippen molar-refractivity contribution < 1.29 is 0 Å². The van der Waals surface area contributed by atoms with Gasteiger partial charge in [0.2, 0.25) is 0 Å². The number of aromatic amines is 1. The van der Waals surface area contributed by atoms with Crippen LogP contribution in [0.15, 0.2) is 22.7 Å². The number of hydrogen-bond donors (Lipinski definition) is 1. The molecule has 1 fully saturated rings. The van der Waals surface area contributed by atoms with E-state index in [-0.39, 0.29) is 0 Å². The molecule has 1 aromatic heterocycles. The largest absolute Gasteiger partial charge is 0.331 e. The Labute approximate surface area is 133 Å². The molecule has 1 aliphatic rings. The predicted octanol–water partition coefficient (Wildman–Crippen LogP) is 4.19. The van der Waals surface area contributed by atoms with Crippen LogP contribution < -0.4 is 0 Å². The van der Waals surface area contributed by atoms with Gasteiger partial charge in [-0.3, -0.25) is 0 Å². The van der Waals surface area contributed by atoms with E-state index in [1.165, 1.54) is 25.0 Å². The van der Waals surface area contributed by atoms with Crippen LogP contribution >= 0.6 is 28.1 Å². The van der Waals surface area contributed by atoms with Gasteiger partial charge in [0, 0.05) is 23.6 Å². The Morgan fingerprint density at radius 3 is 2.95 bits per heavy atom. The van der Waals surface area contributed by atoms with Gasteiger partial charge in [0.25, 0.3) is 0 Å². The number of hydrogen-bond acceptors (Lipinski definition) is 2. The molecule has 0 saturated carbocycles. The minimum Gasteiger partial charge on any atom is -0.331 e. The van der Waals surface area contributed by atoms with Crippen LogP contribution in [-0.4, -0.2) is 33.6 Å². The Kier molecular flexibility index (Phi) is 4.02. The lowest BCUT2D eigenvalue weighted by Gasteiger charge is -2.20. The highest BCUT2D eigenvalue weighted by Crippen LogP contribution is 2.24. The SMILES string of the molecule is CC(C)N1CCC(Cn2c(=S)[nH]c3ccc(Br)cc32)C1. The van der Waals surface area contributed by atoms with E-state index in [4.69, 9.17) is 12.2 Å². The number of H-pyrrole nitrogens is 1. The lowest BCUT2D eigenvalue weighted by atomic mass is 10.1. The number of nitrogens with zero attached hydrogens (tertiary/aromatic N) is 2. The van der Waals surface area contributed by atoms with E-state index in [1.54, 1.807) is 0 Å². The molecule has 20 heavy (non-hydrogen) atoms. The van der Waals surface area contributed by atoms with Crippen molar-refractivity contribution in [3.05, 3.63) is 27.4 Å². The molecule has 2 heterocycles. The van der Waals surface area contributed by atoms with Crippen LogP contribution in [0.5, 0.6) is 0 Å². The van der Waals surface area contributed by atoms with Crippen molar-refractivity contribution in [3.63, 3.8) is 0 Å². The highest BCUT2D eigenvalue weighted by molar-refractivity contribution is 9.10. The number of halogens is 1. The van der Waals surface area contributed by atoms with Gasteiger partial charge < -0.3 is 14.5 Å². The van der Waals surface area contributed by atoms with Gasteiger partial charge >= 0.3 is 0 Å². The quantitative estimate of drug-likeness (QED) is 0.836. The summed E-state index contributed by atoms with van der Waals surface area (Å²) in [4.78, 5) is 5.86. The van der Waals surface area contributed by atoms with E-state index in [1.807, 2.05) is 6.07 Å². The third-order valence-electron chi connectivity index (χ3n) is 4.23. The zero-order chi connectivity index (χ0) is 14.3. The number of fused-ring (bicyclic) bond motifs is 1. The van der Waals surface area contributed by atoms with Crippen LogP contribution in [0.2, 0.25) is 0 Å². The van der Waals surface area contributed by atoms with Gasteiger partial charge in [-0.25, -0.2) is 0 Å². The van der Waals surface area contributed by atoms with Crippen molar-refractivity contribution in [2.24, 2.45) is 5.92 Å². The molecule has 1 saturated heterocycles. The van der Waals surface area contributed by atoms with E-state index < -0.39 is 0 Å². The van der Waals surface area contributed by atoms with Gasteiger partial charge in [-0.05, 0) is 63.1 Å². The number of aromatic nitrogens is 2. The van der Waals surface area contributed by atoms with Crippen LogP contribution in [0, 0.1) is 10.7 Å². The van der Waals surface area contributed by atoms with Gasteiger partial charge in [-0.15, -0.1) is 0 Å². The molecule has 1 atom stereocenters. The molecule has 1 unspecified atom stereocenters. The van der Waals surface area contributed by atoms with Crippen LogP contribution in [-0.2, 0) is 6.54 Å². The Morgan fingerprint density at radius 2 is 2.25 bits per heavy atom. The molecule has 1 N–H and O–H groups in total. The first kappa shape index (κ1) is 14.3. The normalized spacial score (nSPS) is 20.3. The van der Waals surface area contributed by atoms with Gasteiger partial charge in [0.1, 0.15) is 0 Å². The third kappa shape index (κ3) is 2.71. The van der Waals surface area contributed by atoms with E-state index in [9.17, 15) is 0 Å². The topological polar surface area (TPSA) is 24.0 Å². The van der Waals surface area contributed by atoms with E-state index in [0.29, 0.717) is 12.0 Å². The maximum atomic E-state index is 5.49. The van der Waals surface area contributed by atoms with Gasteiger partial charge in [0.15, 0.2) is 4.77 Å². The number of nitrogens with one attached hydrogen (secondary N) is 1. The molecular weight excluding hydrogens is 334 g/mol. The maximum Gasteiger partial charge on any atom is 0.178 e. The molecule has 0 bridgehead atoms. The molecule has 3 rings (SSSR count). The Morgan fingerprint density at radius 1 is 1.45 bits per heavy atom. The van der Waals surface area contributed by atoms with Crippen LogP contribution in [0.1, 0.15) is 20.3 Å². The molecule has 1 aromatic carbocycles. The molecule has 108 valence electrons. The fourth-order valence-electron chi connectivity index (χ4n) is 3.05. The van der Waals surface area contributed by atoms with E-state index in [2.05, 4.69) is 56.4 Å². The van der Waals surface area contributed by atoms with Gasteiger partial charge in [-0.1, -0.05) is 15.9 Å². The number of rotatable bonds is 3. The summed E-state index contributed by atoms with van der Waals surface area (Å²) in [6, 6.07) is 6.93. The summed E-state index contributed by atoms with van der Waals surface area (Å²) in [7, 11) is 0. The fraction of sp³-hybridized carbons (Fsp3) is 0.533. The standard InChI is InChI=1S/C15H20BrN3S/c1-10(2)18-6-5-11(8-18)9-19-14-7-12(16)3-4-13(14)17-15(19)20/h3-4,7,10-11H,5-6,8-9H2,1-2H3,(H,17,20). The highest BCUT2D eigenvalue weighted by Gasteiger charge is 2.25. The van der Waals surface area contributed by atoms with Crippen molar-refractivity contribution in [1.29, 1.82) is 0 Å². The van der Waals surface area contributed by atoms with Crippen molar-refractivity contribution in [2.75, 3.05) is 13.1 Å². The highest BCUT2D eigenvalue weighted by atomic mass is 79.9. The molecule has 0 spiro atoms. The van der Waals surface area contributed by atoms with Crippen LogP contribution in [0.25, 0.3) is 11.0 Å². The summed E-state index contributed by atoms with van der Waals surface area (Å²) >= 11 is 9.04. The second kappa shape index (κ2) is 5.62. The summed E-state index contributed by atoms with van der Waals surface area (Å²) in [5.41, 5.74) is 2.32. The summed E-state index contributed by atoms with van der Waals surface area (Å²) in [5.74, 6) is 0.696. The molecule has 3 nitrogen and oxygen atoms in total. The van der Waals surface area contributed by atoms with E-state index >= 15 is 0 Å². The summed E-state index contributed by atoms with van der Waals surface area (Å²) in [5, 5.41) is 0. The number of benzene rings is 1. The molecule has 1 aliphatic heterocycles. The molecule has 2 aromatic rings. The second-order valence-corrected chi connectivity index (χ2v) is 7.25. The van der Waals surface area contributed by atoms with Crippen molar-refractivity contribution in [3.8, 4) is 0 Å². The first-order chi connectivity index (χ1) is 9.54. The summed E-state index contributed by atoms with van der Waals surface area (Å²) < 4.78 is 4.19. The molecular formula is C15H20BrN3S. The van der Waals surface area contributed by atoms with Crippen molar-refractivity contribution in [1.82, 2.24) is 14.5 Å². The lowest BCUT2D eigenvalue weighted by Crippen LogP contribution is -2.28. The average Bonchev–Trinajstić information content (AvgIpc) is 2.97. The predicted molar refractivity (Wildman–Crippen MR) is 89.6 cm³/mol. The molecule has 0 radical (unpaired) electrons. The van der Waals surface area contributed by atoms with Crippen molar-refractivity contribution in [2.45, 2.75) is 32.9 Å². The van der Waals surface area contributed by atoms with Gasteiger partial charge in [0.05, 0.1) is 11.0 Å². The number of likely N-dealkylation sites (tertiary alicyclic amines) is 1. The monoisotopic (exact) mass is 353 g/mol. The second-order valence-electron chi connectivity index (χ2n) is 5.95. The molecule has 0 aliphatic carbocycles. The molecule has 0 amide bonds. The third-order valence-corrected chi connectivity index (χ3v) is 5.04. The lowest BCUT2D eigenvalue weighted by molar-refractivity contribution is 0.261.